The number of hydrogen-bond acceptors (Lipinski definition) is 6. The lowest BCUT2D eigenvalue weighted by atomic mass is 10.0. The molecule has 0 bridgehead atoms. The van der Waals surface area contributed by atoms with E-state index in [1.54, 1.807) is 38.1 Å². The normalized spacial score (nSPS) is 15.8. The smallest absolute Gasteiger partial charge is 0.338 e. The van der Waals surface area contributed by atoms with E-state index < -0.39 is 24.0 Å². The van der Waals surface area contributed by atoms with Crippen LogP contribution in [0.3, 0.4) is 0 Å². The van der Waals surface area contributed by atoms with Crippen molar-refractivity contribution in [2.75, 3.05) is 19.8 Å². The predicted octanol–water partition coefficient (Wildman–Crippen LogP) is 1.52. The maximum absolute atomic E-state index is 12.1. The van der Waals surface area contributed by atoms with Crippen LogP contribution in [0.4, 0.5) is 4.79 Å². The average molecular weight is 424 g/mol. The van der Waals surface area contributed by atoms with Gasteiger partial charge in [0.2, 0.25) is 0 Å². The third-order valence-corrected chi connectivity index (χ3v) is 4.22. The van der Waals surface area contributed by atoms with Crippen molar-refractivity contribution in [1.82, 2.24) is 16.0 Å². The molecule has 1 heterocycles. The molecule has 2 rings (SSSR count). The fraction of sp³-hybridized carbons (Fsp3) is 0.368. The highest BCUT2D eigenvalue weighted by Gasteiger charge is 2.30. The highest BCUT2D eigenvalue weighted by Crippen LogP contribution is 2.15. The lowest BCUT2D eigenvalue weighted by molar-refractivity contribution is -0.143. The van der Waals surface area contributed by atoms with Crippen LogP contribution in [-0.4, -0.2) is 49.7 Å². The maximum atomic E-state index is 12.1. The number of amides is 3. The van der Waals surface area contributed by atoms with Crippen LogP contribution in [0.2, 0.25) is 5.02 Å². The molecule has 10 heteroatoms. The summed E-state index contributed by atoms with van der Waals surface area (Å²) >= 11 is 5.77. The summed E-state index contributed by atoms with van der Waals surface area (Å²) in [4.78, 5) is 47.7. The molecule has 3 amide bonds. The van der Waals surface area contributed by atoms with Gasteiger partial charge in [0, 0.05) is 17.1 Å². The van der Waals surface area contributed by atoms with E-state index in [9.17, 15) is 19.2 Å². The van der Waals surface area contributed by atoms with Crippen molar-refractivity contribution in [2.24, 2.45) is 0 Å². The Morgan fingerprint density at radius 1 is 1.17 bits per heavy atom. The Labute approximate surface area is 172 Å². The molecule has 0 fully saturated rings. The molecule has 29 heavy (non-hydrogen) atoms. The second kappa shape index (κ2) is 10.5. The second-order valence-corrected chi connectivity index (χ2v) is 6.54. The minimum absolute atomic E-state index is 0.0639. The minimum Gasteiger partial charge on any atom is -0.463 e. The van der Waals surface area contributed by atoms with Crippen molar-refractivity contribution in [1.29, 1.82) is 0 Å². The van der Waals surface area contributed by atoms with Gasteiger partial charge in [-0.1, -0.05) is 11.6 Å². The summed E-state index contributed by atoms with van der Waals surface area (Å²) in [6.07, 6.45) is -0.0803. The Morgan fingerprint density at radius 2 is 1.86 bits per heavy atom. The van der Waals surface area contributed by atoms with Crippen molar-refractivity contribution in [3.8, 4) is 0 Å². The Balaban J connectivity index is 1.87. The Bertz CT molecular complexity index is 822. The van der Waals surface area contributed by atoms with Crippen LogP contribution < -0.4 is 16.0 Å². The predicted molar refractivity (Wildman–Crippen MR) is 104 cm³/mol. The van der Waals surface area contributed by atoms with Crippen molar-refractivity contribution < 1.29 is 28.7 Å². The number of esters is 2. The van der Waals surface area contributed by atoms with Crippen LogP contribution >= 0.6 is 11.6 Å². The number of benzene rings is 1. The molecular formula is C19H22ClN3O6. The molecule has 1 aliphatic heterocycles. The molecule has 0 saturated heterocycles. The Kier molecular flexibility index (Phi) is 8.02. The monoisotopic (exact) mass is 423 g/mol. The van der Waals surface area contributed by atoms with Gasteiger partial charge >= 0.3 is 18.0 Å². The number of carbonyl (C=O) groups excluding carboxylic acids is 4. The van der Waals surface area contributed by atoms with E-state index in [4.69, 9.17) is 21.1 Å². The number of ether oxygens (including phenoxy) is 2. The maximum Gasteiger partial charge on any atom is 0.338 e. The van der Waals surface area contributed by atoms with Crippen LogP contribution in [0.1, 0.15) is 30.6 Å². The number of nitrogens with one attached hydrogen (secondary N) is 3. The summed E-state index contributed by atoms with van der Waals surface area (Å²) in [7, 11) is 0. The lowest BCUT2D eigenvalue weighted by Gasteiger charge is -2.26. The molecule has 9 nitrogen and oxygen atoms in total. The van der Waals surface area contributed by atoms with Gasteiger partial charge in [-0.2, -0.15) is 0 Å². The third-order valence-electron chi connectivity index (χ3n) is 3.96. The number of rotatable bonds is 8. The third kappa shape index (κ3) is 6.49. The molecule has 1 atom stereocenters. The van der Waals surface area contributed by atoms with Crippen molar-refractivity contribution in [2.45, 2.75) is 26.3 Å². The summed E-state index contributed by atoms with van der Waals surface area (Å²) in [5.74, 6) is -1.55. The zero-order valence-corrected chi connectivity index (χ0v) is 16.8. The van der Waals surface area contributed by atoms with E-state index >= 15 is 0 Å². The van der Waals surface area contributed by atoms with Gasteiger partial charge < -0.3 is 25.4 Å². The summed E-state index contributed by atoms with van der Waals surface area (Å²) in [5, 5.41) is 8.12. The first-order chi connectivity index (χ1) is 13.8. The molecule has 0 aromatic heterocycles. The molecule has 0 radical (unpaired) electrons. The van der Waals surface area contributed by atoms with Gasteiger partial charge in [-0.25, -0.2) is 9.59 Å². The summed E-state index contributed by atoms with van der Waals surface area (Å²) in [5.41, 5.74) is 0.770. The number of hydrogen-bond donors (Lipinski definition) is 3. The van der Waals surface area contributed by atoms with E-state index in [1.807, 2.05) is 0 Å². The molecule has 1 unspecified atom stereocenters. The van der Waals surface area contributed by atoms with Crippen LogP contribution in [-0.2, 0) is 19.1 Å². The number of urea groups is 1. The summed E-state index contributed by atoms with van der Waals surface area (Å²) in [6.45, 7) is 3.22. The molecule has 1 aromatic rings. The molecular weight excluding hydrogens is 402 g/mol. The van der Waals surface area contributed by atoms with Gasteiger partial charge in [0.05, 0.1) is 30.3 Å². The molecule has 3 N–H and O–H groups in total. The van der Waals surface area contributed by atoms with E-state index in [2.05, 4.69) is 16.0 Å². The molecule has 0 spiro atoms. The quantitative estimate of drug-likeness (QED) is 0.545. The second-order valence-electron chi connectivity index (χ2n) is 6.11. The minimum atomic E-state index is -0.603. The van der Waals surface area contributed by atoms with E-state index in [0.717, 1.165) is 0 Å². The molecule has 0 aliphatic carbocycles. The van der Waals surface area contributed by atoms with E-state index in [1.165, 1.54) is 0 Å². The fourth-order valence-electron chi connectivity index (χ4n) is 2.60. The zero-order chi connectivity index (χ0) is 21.4. The Hall–Kier alpha value is -3.07. The van der Waals surface area contributed by atoms with Gasteiger partial charge in [0.1, 0.15) is 6.61 Å². The van der Waals surface area contributed by atoms with Gasteiger partial charge in [-0.15, -0.1) is 0 Å². The van der Waals surface area contributed by atoms with Crippen LogP contribution in [0.25, 0.3) is 0 Å². The lowest BCUT2D eigenvalue weighted by Crippen LogP contribution is -2.50. The number of halogens is 1. The van der Waals surface area contributed by atoms with Crippen LogP contribution in [0.5, 0.6) is 0 Å². The van der Waals surface area contributed by atoms with Gasteiger partial charge in [0.25, 0.3) is 5.91 Å². The molecule has 1 aromatic carbocycles. The highest BCUT2D eigenvalue weighted by atomic mass is 35.5. The first kappa shape index (κ1) is 22.2. The summed E-state index contributed by atoms with van der Waals surface area (Å²) in [6, 6.07) is 5.23. The van der Waals surface area contributed by atoms with Crippen LogP contribution in [0.15, 0.2) is 35.5 Å². The van der Waals surface area contributed by atoms with Crippen LogP contribution in [0, 0.1) is 0 Å². The van der Waals surface area contributed by atoms with Gasteiger partial charge in [0.15, 0.2) is 0 Å². The van der Waals surface area contributed by atoms with E-state index in [0.29, 0.717) is 10.6 Å². The van der Waals surface area contributed by atoms with Crippen molar-refractivity contribution in [3.63, 3.8) is 0 Å². The Morgan fingerprint density at radius 3 is 2.52 bits per heavy atom. The van der Waals surface area contributed by atoms with Gasteiger partial charge in [-0.05, 0) is 38.1 Å². The van der Waals surface area contributed by atoms with Gasteiger partial charge in [-0.3, -0.25) is 9.59 Å². The standard InChI is InChI=1S/C19H22ClN3O6/c1-3-28-18(26)16-11(2)22-19(27)23-14(16)10-29-15(24)8-9-21-17(25)12-4-6-13(20)7-5-12/h4-7,11H,3,8-10H2,1-2H3,(H,21,25)(H2,22,23,27). The average Bonchev–Trinajstić information content (AvgIpc) is 2.66. The van der Waals surface area contributed by atoms with Crippen molar-refractivity contribution >= 4 is 35.5 Å². The zero-order valence-electron chi connectivity index (χ0n) is 16.0. The van der Waals surface area contributed by atoms with E-state index in [-0.39, 0.29) is 43.4 Å². The molecule has 1 aliphatic rings. The molecule has 0 saturated carbocycles. The first-order valence-electron chi connectivity index (χ1n) is 8.98. The SMILES string of the molecule is CCOC(=O)C1=C(COC(=O)CCNC(=O)c2ccc(Cl)cc2)NC(=O)NC1C. The topological polar surface area (TPSA) is 123 Å². The molecule has 156 valence electrons. The van der Waals surface area contributed by atoms with Crippen molar-refractivity contribution in [3.05, 3.63) is 46.1 Å². The largest absolute Gasteiger partial charge is 0.463 e. The first-order valence-corrected chi connectivity index (χ1v) is 9.36. The fourth-order valence-corrected chi connectivity index (χ4v) is 2.73. The number of carbonyl (C=O) groups is 4. The summed E-state index contributed by atoms with van der Waals surface area (Å²) < 4.78 is 10.1. The highest BCUT2D eigenvalue weighted by molar-refractivity contribution is 6.30.